The van der Waals surface area contributed by atoms with Gasteiger partial charge in [-0.2, -0.15) is 0 Å². The summed E-state index contributed by atoms with van der Waals surface area (Å²) in [6.45, 7) is 4.73. The minimum absolute atomic E-state index is 0.148. The minimum Gasteiger partial charge on any atom is -0.455 e. The van der Waals surface area contributed by atoms with Gasteiger partial charge >= 0.3 is 0 Å². The summed E-state index contributed by atoms with van der Waals surface area (Å²) in [4.78, 5) is 2.37. The largest absolute Gasteiger partial charge is 0.455 e. The highest BCUT2D eigenvalue weighted by Gasteiger charge is 2.36. The quantitative estimate of drug-likeness (QED) is 0.161. The molecule has 59 heavy (non-hydrogen) atoms. The fourth-order valence-corrected chi connectivity index (χ4v) is 9.24. The van der Waals surface area contributed by atoms with Gasteiger partial charge in [0.25, 0.3) is 0 Å². The standard InChI is InChI=1S/C57H41NO/c1-57(2)53-36-43(38-14-6-3-7-15-38)30-34-49(53)50-35-33-46(37-54(50)57)58(44-18-10-5-11-19-44)45-31-28-40(29-32-45)39-24-26-42(27-25-39)48-21-13-23-52-51-22-12-20-47(55(51)59-56(48)52)41-16-8-4-9-17-41/h3-37H,1-2H3. The molecule has 0 fully saturated rings. The molecule has 280 valence electrons. The van der Waals surface area contributed by atoms with Crippen molar-refractivity contribution in [2.24, 2.45) is 0 Å². The van der Waals surface area contributed by atoms with Gasteiger partial charge in [-0.05, 0) is 98.1 Å². The number of rotatable bonds is 7. The maximum atomic E-state index is 6.72. The minimum atomic E-state index is -0.148. The third kappa shape index (κ3) is 5.87. The van der Waals surface area contributed by atoms with Crippen molar-refractivity contribution in [2.45, 2.75) is 19.3 Å². The molecule has 0 N–H and O–H groups in total. The Morgan fingerprint density at radius 2 is 0.746 bits per heavy atom. The normalized spacial score (nSPS) is 12.7. The van der Waals surface area contributed by atoms with Crippen molar-refractivity contribution in [1.82, 2.24) is 0 Å². The molecular formula is C57H41NO. The summed E-state index contributed by atoms with van der Waals surface area (Å²) in [6, 6.07) is 76.6. The van der Waals surface area contributed by atoms with Crippen LogP contribution in [-0.4, -0.2) is 0 Å². The highest BCUT2D eigenvalue weighted by Crippen LogP contribution is 2.52. The van der Waals surface area contributed by atoms with E-state index in [4.69, 9.17) is 4.42 Å². The number of fused-ring (bicyclic) bond motifs is 6. The average Bonchev–Trinajstić information content (AvgIpc) is 3.79. The summed E-state index contributed by atoms with van der Waals surface area (Å²) in [5.74, 6) is 0. The number of benzene rings is 9. The average molecular weight is 756 g/mol. The Morgan fingerprint density at radius 1 is 0.322 bits per heavy atom. The van der Waals surface area contributed by atoms with Crippen LogP contribution in [0.25, 0.3) is 77.6 Å². The molecule has 0 bridgehead atoms. The molecule has 0 saturated carbocycles. The third-order valence-corrected chi connectivity index (χ3v) is 12.3. The molecule has 1 aromatic heterocycles. The van der Waals surface area contributed by atoms with Crippen LogP contribution >= 0.6 is 0 Å². The van der Waals surface area contributed by atoms with E-state index < -0.39 is 0 Å². The molecule has 0 amide bonds. The van der Waals surface area contributed by atoms with Gasteiger partial charge in [0.1, 0.15) is 11.2 Å². The van der Waals surface area contributed by atoms with Gasteiger partial charge in [0.2, 0.25) is 0 Å². The molecule has 0 spiro atoms. The Kier molecular flexibility index (Phi) is 8.20. The van der Waals surface area contributed by atoms with Gasteiger partial charge in [0, 0.05) is 44.4 Å². The second kappa shape index (κ2) is 13.9. The van der Waals surface area contributed by atoms with Crippen molar-refractivity contribution >= 4 is 39.0 Å². The fraction of sp³-hybridized carbons (Fsp3) is 0.0526. The van der Waals surface area contributed by atoms with Gasteiger partial charge < -0.3 is 9.32 Å². The van der Waals surface area contributed by atoms with E-state index in [0.29, 0.717) is 0 Å². The summed E-state index contributed by atoms with van der Waals surface area (Å²) in [6.07, 6.45) is 0. The molecule has 0 aliphatic heterocycles. The first-order chi connectivity index (χ1) is 29.0. The molecule has 1 aliphatic rings. The Morgan fingerprint density at radius 3 is 1.36 bits per heavy atom. The first-order valence-electron chi connectivity index (χ1n) is 20.4. The zero-order valence-electron chi connectivity index (χ0n) is 33.1. The van der Waals surface area contributed by atoms with E-state index >= 15 is 0 Å². The molecule has 0 radical (unpaired) electrons. The summed E-state index contributed by atoms with van der Waals surface area (Å²) in [5.41, 5.74) is 19.8. The topological polar surface area (TPSA) is 16.4 Å². The number of furan rings is 1. The van der Waals surface area contributed by atoms with Crippen molar-refractivity contribution in [3.63, 3.8) is 0 Å². The van der Waals surface area contributed by atoms with Crippen LogP contribution in [0, 0.1) is 0 Å². The Hall–Kier alpha value is -7.42. The van der Waals surface area contributed by atoms with Crippen molar-refractivity contribution in [3.8, 4) is 55.6 Å². The number of nitrogens with zero attached hydrogens (tertiary/aromatic N) is 1. The zero-order chi connectivity index (χ0) is 39.5. The van der Waals surface area contributed by atoms with E-state index in [2.05, 4.69) is 225 Å². The van der Waals surface area contributed by atoms with Gasteiger partial charge in [-0.15, -0.1) is 0 Å². The second-order valence-corrected chi connectivity index (χ2v) is 16.1. The summed E-state index contributed by atoms with van der Waals surface area (Å²) < 4.78 is 6.72. The Labute approximate surface area is 345 Å². The van der Waals surface area contributed by atoms with Crippen LogP contribution in [0.15, 0.2) is 217 Å². The van der Waals surface area contributed by atoms with Crippen LogP contribution in [0.5, 0.6) is 0 Å². The van der Waals surface area contributed by atoms with Crippen LogP contribution in [0.3, 0.4) is 0 Å². The lowest BCUT2D eigenvalue weighted by molar-refractivity contribution is 0.660. The first-order valence-corrected chi connectivity index (χ1v) is 20.4. The third-order valence-electron chi connectivity index (χ3n) is 12.3. The monoisotopic (exact) mass is 755 g/mol. The van der Waals surface area contributed by atoms with Crippen molar-refractivity contribution in [3.05, 3.63) is 223 Å². The van der Waals surface area contributed by atoms with Crippen molar-refractivity contribution in [2.75, 3.05) is 4.90 Å². The van der Waals surface area contributed by atoms with E-state index in [1.54, 1.807) is 0 Å². The van der Waals surface area contributed by atoms with Crippen LogP contribution in [0.2, 0.25) is 0 Å². The number of hydrogen-bond donors (Lipinski definition) is 0. The zero-order valence-corrected chi connectivity index (χ0v) is 33.1. The fourth-order valence-electron chi connectivity index (χ4n) is 9.24. The Balaban J connectivity index is 0.914. The summed E-state index contributed by atoms with van der Waals surface area (Å²) in [7, 11) is 0. The number of para-hydroxylation sites is 3. The SMILES string of the molecule is CC1(C)c2cc(-c3ccccc3)ccc2-c2ccc(N(c3ccccc3)c3ccc(-c4ccc(-c5cccc6c5oc5c(-c7ccccc7)cccc56)cc4)cc3)cc21. The van der Waals surface area contributed by atoms with Gasteiger partial charge in [0.15, 0.2) is 0 Å². The predicted molar refractivity (Wildman–Crippen MR) is 248 cm³/mol. The lowest BCUT2D eigenvalue weighted by Crippen LogP contribution is -2.16. The molecule has 10 aromatic rings. The molecule has 9 aromatic carbocycles. The van der Waals surface area contributed by atoms with E-state index in [9.17, 15) is 0 Å². The summed E-state index contributed by atoms with van der Waals surface area (Å²) in [5, 5.41) is 2.27. The predicted octanol–water partition coefficient (Wildman–Crippen LogP) is 16.0. The molecule has 0 atom stereocenters. The van der Waals surface area contributed by atoms with E-state index in [1.165, 1.54) is 44.5 Å². The van der Waals surface area contributed by atoms with Crippen molar-refractivity contribution in [1.29, 1.82) is 0 Å². The molecule has 1 aliphatic carbocycles. The first kappa shape index (κ1) is 34.8. The van der Waals surface area contributed by atoms with E-state index in [-0.39, 0.29) is 5.41 Å². The molecule has 1 heterocycles. The van der Waals surface area contributed by atoms with Crippen LogP contribution in [0.4, 0.5) is 17.1 Å². The lowest BCUT2D eigenvalue weighted by Gasteiger charge is -2.28. The molecule has 2 nitrogen and oxygen atoms in total. The maximum Gasteiger partial charge on any atom is 0.143 e. The van der Waals surface area contributed by atoms with Gasteiger partial charge in [-0.25, -0.2) is 0 Å². The van der Waals surface area contributed by atoms with Crippen LogP contribution < -0.4 is 4.90 Å². The van der Waals surface area contributed by atoms with Gasteiger partial charge in [-0.3, -0.25) is 0 Å². The van der Waals surface area contributed by atoms with Gasteiger partial charge in [0.05, 0.1) is 0 Å². The van der Waals surface area contributed by atoms with E-state index in [1.807, 2.05) is 6.07 Å². The molecule has 0 saturated heterocycles. The number of anilines is 3. The number of hydrogen-bond acceptors (Lipinski definition) is 2. The molecule has 11 rings (SSSR count). The maximum absolute atomic E-state index is 6.72. The molecule has 2 heteroatoms. The van der Waals surface area contributed by atoms with Gasteiger partial charge in [-0.1, -0.05) is 184 Å². The molecule has 0 unspecified atom stereocenters. The highest BCUT2D eigenvalue weighted by atomic mass is 16.3. The smallest absolute Gasteiger partial charge is 0.143 e. The van der Waals surface area contributed by atoms with E-state index in [0.717, 1.165) is 61.3 Å². The second-order valence-electron chi connectivity index (χ2n) is 16.1. The Bertz CT molecular complexity index is 3140. The lowest BCUT2D eigenvalue weighted by atomic mass is 9.81. The summed E-state index contributed by atoms with van der Waals surface area (Å²) >= 11 is 0. The molecular weight excluding hydrogens is 715 g/mol. The van der Waals surface area contributed by atoms with Crippen LogP contribution in [-0.2, 0) is 5.41 Å². The van der Waals surface area contributed by atoms with Crippen LogP contribution in [0.1, 0.15) is 25.0 Å². The highest BCUT2D eigenvalue weighted by molar-refractivity contribution is 6.13. The van der Waals surface area contributed by atoms with Crippen molar-refractivity contribution < 1.29 is 4.42 Å².